The molecule has 0 atom stereocenters. The third-order valence-corrected chi connectivity index (χ3v) is 2.96. The molecule has 0 unspecified atom stereocenters. The molecule has 0 spiro atoms. The monoisotopic (exact) mass is 478 g/mol. The van der Waals surface area contributed by atoms with E-state index in [2.05, 4.69) is 20.9 Å². The van der Waals surface area contributed by atoms with Gasteiger partial charge in [0.05, 0.1) is 6.54 Å². The van der Waals surface area contributed by atoms with Gasteiger partial charge in [-0.3, -0.25) is 4.99 Å². The minimum absolute atomic E-state index is 0. The Kier molecular flexibility index (Phi) is 11.8. The lowest BCUT2D eigenvalue weighted by Gasteiger charge is -2.20. The fraction of sp³-hybridized carbons (Fsp3) is 0.556. The fourth-order valence-corrected chi connectivity index (χ4v) is 1.92. The van der Waals surface area contributed by atoms with Crippen molar-refractivity contribution in [1.29, 1.82) is 0 Å². The van der Waals surface area contributed by atoms with Crippen LogP contribution < -0.4 is 20.7 Å². The number of guanidine groups is 1. The summed E-state index contributed by atoms with van der Waals surface area (Å²) < 4.78 is 10.8. The molecule has 0 saturated heterocycles. The van der Waals surface area contributed by atoms with Crippen LogP contribution in [0.2, 0.25) is 0 Å². The van der Waals surface area contributed by atoms with Gasteiger partial charge in [-0.2, -0.15) is 0 Å². The van der Waals surface area contributed by atoms with E-state index in [0.717, 1.165) is 5.75 Å². The summed E-state index contributed by atoms with van der Waals surface area (Å²) in [5.74, 6) is 1.50. The van der Waals surface area contributed by atoms with Crippen LogP contribution in [0.4, 0.5) is 4.79 Å². The molecule has 0 radical (unpaired) electrons. The van der Waals surface area contributed by atoms with Crippen molar-refractivity contribution in [2.45, 2.75) is 33.3 Å². The van der Waals surface area contributed by atoms with E-state index in [0.29, 0.717) is 32.2 Å². The van der Waals surface area contributed by atoms with Crippen LogP contribution in [0.5, 0.6) is 5.75 Å². The number of amides is 1. The molecule has 0 heterocycles. The molecule has 7 nitrogen and oxygen atoms in total. The molecule has 0 fully saturated rings. The molecule has 148 valence electrons. The quantitative estimate of drug-likeness (QED) is 0.243. The Morgan fingerprint density at radius 3 is 2.38 bits per heavy atom. The number of rotatable bonds is 7. The van der Waals surface area contributed by atoms with Crippen molar-refractivity contribution in [3.63, 3.8) is 0 Å². The molecule has 0 aromatic heterocycles. The smallest absolute Gasteiger partial charge is 0.407 e. The second-order valence-corrected chi connectivity index (χ2v) is 6.52. The normalized spacial score (nSPS) is 11.2. The highest BCUT2D eigenvalue weighted by Gasteiger charge is 2.15. The molecular formula is C18H31IN4O3. The predicted octanol–water partition coefficient (Wildman–Crippen LogP) is 2.68. The lowest BCUT2D eigenvalue weighted by atomic mass is 10.2. The van der Waals surface area contributed by atoms with Crippen LogP contribution >= 0.6 is 24.0 Å². The maximum atomic E-state index is 11.5. The molecule has 8 heteroatoms. The zero-order valence-electron chi connectivity index (χ0n) is 16.2. The summed E-state index contributed by atoms with van der Waals surface area (Å²) in [4.78, 5) is 15.6. The fourth-order valence-electron chi connectivity index (χ4n) is 1.92. The van der Waals surface area contributed by atoms with E-state index in [1.54, 1.807) is 7.05 Å². The van der Waals surface area contributed by atoms with Crippen LogP contribution in [0.25, 0.3) is 0 Å². The van der Waals surface area contributed by atoms with E-state index in [1.165, 1.54) is 5.56 Å². The van der Waals surface area contributed by atoms with E-state index in [1.807, 2.05) is 52.0 Å². The molecule has 1 aromatic carbocycles. The zero-order chi connectivity index (χ0) is 18.7. The van der Waals surface area contributed by atoms with Gasteiger partial charge in [0, 0.05) is 20.1 Å². The van der Waals surface area contributed by atoms with Gasteiger partial charge >= 0.3 is 6.09 Å². The van der Waals surface area contributed by atoms with Gasteiger partial charge in [-0.1, -0.05) is 12.1 Å². The van der Waals surface area contributed by atoms with Crippen LogP contribution in [0.1, 0.15) is 26.3 Å². The first-order valence-corrected chi connectivity index (χ1v) is 8.41. The summed E-state index contributed by atoms with van der Waals surface area (Å²) in [6.07, 6.45) is -0.427. The number of carbonyl (C=O) groups excluding carboxylic acids is 1. The summed E-state index contributed by atoms with van der Waals surface area (Å²) >= 11 is 0. The molecule has 0 saturated carbocycles. The van der Waals surface area contributed by atoms with Gasteiger partial charge in [0.2, 0.25) is 0 Å². The largest absolute Gasteiger partial charge is 0.492 e. The predicted molar refractivity (Wildman–Crippen MR) is 116 cm³/mol. The highest BCUT2D eigenvalue weighted by molar-refractivity contribution is 14.0. The Labute approximate surface area is 173 Å². The molecule has 1 rings (SSSR count). The summed E-state index contributed by atoms with van der Waals surface area (Å²) in [6.45, 7) is 9.64. The summed E-state index contributed by atoms with van der Waals surface area (Å²) in [6, 6.07) is 7.93. The molecule has 1 aromatic rings. The highest BCUT2D eigenvalue weighted by Crippen LogP contribution is 2.11. The minimum atomic E-state index is -0.494. The van der Waals surface area contributed by atoms with Crippen LogP contribution in [0, 0.1) is 6.92 Å². The first-order chi connectivity index (χ1) is 11.8. The summed E-state index contributed by atoms with van der Waals surface area (Å²) in [5.41, 5.74) is 0.673. The lowest BCUT2D eigenvalue weighted by molar-refractivity contribution is 0.0529. The van der Waals surface area contributed by atoms with Crippen molar-refractivity contribution in [2.24, 2.45) is 4.99 Å². The Hall–Kier alpha value is -1.71. The van der Waals surface area contributed by atoms with E-state index >= 15 is 0 Å². The number of aliphatic imine (C=N–C) groups is 1. The first-order valence-electron chi connectivity index (χ1n) is 8.41. The second-order valence-electron chi connectivity index (χ2n) is 6.52. The number of hydrogen-bond acceptors (Lipinski definition) is 4. The molecule has 1 amide bonds. The van der Waals surface area contributed by atoms with Gasteiger partial charge in [-0.05, 0) is 45.4 Å². The summed E-state index contributed by atoms with van der Waals surface area (Å²) in [7, 11) is 1.69. The maximum absolute atomic E-state index is 11.5. The van der Waals surface area contributed by atoms with E-state index in [-0.39, 0.29) is 24.0 Å². The van der Waals surface area contributed by atoms with Gasteiger partial charge < -0.3 is 25.4 Å². The maximum Gasteiger partial charge on any atom is 0.407 e. The van der Waals surface area contributed by atoms with Crippen molar-refractivity contribution in [1.82, 2.24) is 16.0 Å². The molecular weight excluding hydrogens is 447 g/mol. The molecule has 0 bridgehead atoms. The first kappa shape index (κ1) is 24.3. The van der Waals surface area contributed by atoms with Crippen molar-refractivity contribution in [3.8, 4) is 5.75 Å². The van der Waals surface area contributed by atoms with E-state index in [9.17, 15) is 4.79 Å². The number of alkyl carbamates (subject to hydrolysis) is 1. The number of aryl methyl sites for hydroxylation is 1. The Morgan fingerprint density at radius 2 is 1.77 bits per heavy atom. The van der Waals surface area contributed by atoms with Gasteiger partial charge in [0.25, 0.3) is 0 Å². The van der Waals surface area contributed by atoms with Gasteiger partial charge in [0.15, 0.2) is 5.96 Å². The third kappa shape index (κ3) is 11.8. The van der Waals surface area contributed by atoms with Crippen LogP contribution in [0.3, 0.4) is 0 Å². The average Bonchev–Trinajstić information content (AvgIpc) is 2.51. The number of halogens is 1. The second kappa shape index (κ2) is 12.6. The van der Waals surface area contributed by atoms with Crippen molar-refractivity contribution in [3.05, 3.63) is 29.8 Å². The van der Waals surface area contributed by atoms with Gasteiger partial charge in [-0.15, -0.1) is 24.0 Å². The minimum Gasteiger partial charge on any atom is -0.492 e. The number of carbonyl (C=O) groups is 1. The Morgan fingerprint density at radius 1 is 1.12 bits per heavy atom. The average molecular weight is 478 g/mol. The number of nitrogens with one attached hydrogen (secondary N) is 3. The molecule has 3 N–H and O–H groups in total. The Balaban J connectivity index is 0.00000625. The number of ether oxygens (including phenoxy) is 2. The Bertz CT molecular complexity index is 574. The molecule has 26 heavy (non-hydrogen) atoms. The third-order valence-electron chi connectivity index (χ3n) is 2.96. The van der Waals surface area contributed by atoms with E-state index in [4.69, 9.17) is 9.47 Å². The van der Waals surface area contributed by atoms with Crippen molar-refractivity contribution >= 4 is 36.0 Å². The molecule has 0 aliphatic rings. The number of hydrogen-bond donors (Lipinski definition) is 3. The number of benzene rings is 1. The van der Waals surface area contributed by atoms with Gasteiger partial charge in [0.1, 0.15) is 18.0 Å². The zero-order valence-corrected chi connectivity index (χ0v) is 18.5. The van der Waals surface area contributed by atoms with Crippen molar-refractivity contribution < 1.29 is 14.3 Å². The van der Waals surface area contributed by atoms with Crippen LogP contribution in [0.15, 0.2) is 29.3 Å². The van der Waals surface area contributed by atoms with Crippen LogP contribution in [-0.2, 0) is 4.74 Å². The van der Waals surface area contributed by atoms with Crippen molar-refractivity contribution in [2.75, 3.05) is 33.3 Å². The summed E-state index contributed by atoms with van der Waals surface area (Å²) in [5, 5.41) is 8.94. The highest BCUT2D eigenvalue weighted by atomic mass is 127. The topological polar surface area (TPSA) is 84.0 Å². The molecule has 0 aliphatic heterocycles. The number of nitrogens with zero attached hydrogens (tertiary/aromatic N) is 1. The van der Waals surface area contributed by atoms with Crippen LogP contribution in [-0.4, -0.2) is 50.9 Å². The SMILES string of the molecule is CN=C(NCCNC(=O)OC(C)(C)C)NCCOc1cccc(C)c1.I. The standard InChI is InChI=1S/C18H30N4O3.HI/c1-14-7-6-8-15(13-14)24-12-11-21-16(19-5)20-9-10-22-17(23)25-18(2,3)4;/h6-8,13H,9-12H2,1-5H3,(H,22,23)(H2,19,20,21);1H. The van der Waals surface area contributed by atoms with Gasteiger partial charge in [-0.25, -0.2) is 4.79 Å². The molecule has 0 aliphatic carbocycles. The lowest BCUT2D eigenvalue weighted by Crippen LogP contribution is -2.43. The van der Waals surface area contributed by atoms with E-state index < -0.39 is 11.7 Å².